The number of aryl methyl sites for hydroxylation is 2. The Kier molecular flexibility index (Phi) is 8.31. The van der Waals surface area contributed by atoms with Crippen LogP contribution in [0.5, 0.6) is 5.75 Å². The number of rotatable bonds is 10. The average molecular weight is 463 g/mol. The zero-order chi connectivity index (χ0) is 22.2. The standard InChI is InChI=1S/C22H24ClFN4O2S/c1-3-28-20(6-4-5-15-7-10-17(30-2)11-8-15)26-27-22(28)31-14-21(29)25-16-9-12-19(24)18(23)13-16/h7-13H,3-6,14H2,1-2H3,(H,25,29). The fourth-order valence-electron chi connectivity index (χ4n) is 3.07. The van der Waals surface area contributed by atoms with E-state index in [0.29, 0.717) is 10.8 Å². The Morgan fingerprint density at radius 3 is 2.65 bits per heavy atom. The summed E-state index contributed by atoms with van der Waals surface area (Å²) in [6.45, 7) is 2.75. The first-order valence-corrected chi connectivity index (χ1v) is 11.3. The van der Waals surface area contributed by atoms with Crippen molar-refractivity contribution in [3.8, 4) is 5.75 Å². The Morgan fingerprint density at radius 2 is 1.97 bits per heavy atom. The summed E-state index contributed by atoms with van der Waals surface area (Å²) in [7, 11) is 1.66. The lowest BCUT2D eigenvalue weighted by Gasteiger charge is -2.08. The second-order valence-electron chi connectivity index (χ2n) is 6.81. The number of nitrogens with one attached hydrogen (secondary N) is 1. The number of carbonyl (C=O) groups excluding carboxylic acids is 1. The van der Waals surface area contributed by atoms with Gasteiger partial charge in [-0.2, -0.15) is 0 Å². The highest BCUT2D eigenvalue weighted by Gasteiger charge is 2.13. The molecule has 9 heteroatoms. The molecule has 6 nitrogen and oxygen atoms in total. The Labute approximate surface area is 190 Å². The Morgan fingerprint density at radius 1 is 1.19 bits per heavy atom. The molecular formula is C22H24ClFN4O2S. The molecule has 0 aliphatic heterocycles. The molecule has 1 N–H and O–H groups in total. The molecule has 3 rings (SSSR count). The topological polar surface area (TPSA) is 69.0 Å². The van der Waals surface area contributed by atoms with Gasteiger partial charge in [0.2, 0.25) is 5.91 Å². The molecule has 3 aromatic rings. The third-order valence-electron chi connectivity index (χ3n) is 4.67. The van der Waals surface area contributed by atoms with Gasteiger partial charge >= 0.3 is 0 Å². The maximum atomic E-state index is 13.2. The number of thioether (sulfide) groups is 1. The van der Waals surface area contributed by atoms with E-state index >= 15 is 0 Å². The number of ether oxygens (including phenoxy) is 1. The number of nitrogens with zero attached hydrogens (tertiary/aromatic N) is 3. The van der Waals surface area contributed by atoms with Crippen LogP contribution in [0.1, 0.15) is 24.7 Å². The van der Waals surface area contributed by atoms with Crippen LogP contribution in [0, 0.1) is 5.82 Å². The molecule has 0 saturated heterocycles. The smallest absolute Gasteiger partial charge is 0.234 e. The summed E-state index contributed by atoms with van der Waals surface area (Å²) in [5.74, 6) is 1.18. The van der Waals surface area contributed by atoms with Crippen molar-refractivity contribution in [1.29, 1.82) is 0 Å². The van der Waals surface area contributed by atoms with Crippen molar-refractivity contribution in [2.45, 2.75) is 37.9 Å². The van der Waals surface area contributed by atoms with E-state index in [1.165, 1.54) is 35.5 Å². The molecule has 31 heavy (non-hydrogen) atoms. The molecular weight excluding hydrogens is 439 g/mol. The van der Waals surface area contributed by atoms with Crippen LogP contribution in [0.3, 0.4) is 0 Å². The molecule has 0 bridgehead atoms. The van der Waals surface area contributed by atoms with Crippen molar-refractivity contribution < 1.29 is 13.9 Å². The van der Waals surface area contributed by atoms with E-state index in [0.717, 1.165) is 37.4 Å². The number of aromatic nitrogens is 3. The van der Waals surface area contributed by atoms with Crippen LogP contribution in [0.15, 0.2) is 47.6 Å². The number of halogens is 2. The third kappa shape index (κ3) is 6.45. The number of hydrogen-bond acceptors (Lipinski definition) is 5. The van der Waals surface area contributed by atoms with Crippen LogP contribution < -0.4 is 10.1 Å². The summed E-state index contributed by atoms with van der Waals surface area (Å²) in [4.78, 5) is 12.2. The zero-order valence-electron chi connectivity index (χ0n) is 17.4. The maximum absolute atomic E-state index is 13.2. The number of anilines is 1. The van der Waals surface area contributed by atoms with Crippen molar-refractivity contribution >= 4 is 35.0 Å². The highest BCUT2D eigenvalue weighted by Crippen LogP contribution is 2.21. The minimum Gasteiger partial charge on any atom is -0.497 e. The van der Waals surface area contributed by atoms with Crippen LogP contribution in [0.25, 0.3) is 0 Å². The quantitative estimate of drug-likeness (QED) is 0.429. The SMILES string of the molecule is CCn1c(CCCc2ccc(OC)cc2)nnc1SCC(=O)Nc1ccc(F)c(Cl)c1. The van der Waals surface area contributed by atoms with Crippen LogP contribution in [-0.4, -0.2) is 33.5 Å². The molecule has 1 amide bonds. The lowest BCUT2D eigenvalue weighted by molar-refractivity contribution is -0.113. The molecule has 0 aliphatic carbocycles. The van der Waals surface area contributed by atoms with Crippen LogP contribution >= 0.6 is 23.4 Å². The second kappa shape index (κ2) is 11.2. The van der Waals surface area contributed by atoms with Gasteiger partial charge in [-0.1, -0.05) is 35.5 Å². The summed E-state index contributed by atoms with van der Waals surface area (Å²) in [5.41, 5.74) is 1.70. The lowest BCUT2D eigenvalue weighted by Crippen LogP contribution is -2.15. The summed E-state index contributed by atoms with van der Waals surface area (Å²) < 4.78 is 20.4. The molecule has 2 aromatic carbocycles. The number of benzene rings is 2. The number of methoxy groups -OCH3 is 1. The summed E-state index contributed by atoms with van der Waals surface area (Å²) in [5, 5.41) is 11.9. The van der Waals surface area contributed by atoms with Gasteiger partial charge in [-0.25, -0.2) is 4.39 Å². The molecule has 1 heterocycles. The monoisotopic (exact) mass is 462 g/mol. The molecule has 0 atom stereocenters. The fourth-order valence-corrected chi connectivity index (χ4v) is 4.07. The van der Waals surface area contributed by atoms with E-state index in [2.05, 4.69) is 27.6 Å². The number of amides is 1. The zero-order valence-corrected chi connectivity index (χ0v) is 19.0. The molecule has 0 saturated carbocycles. The fraction of sp³-hybridized carbons (Fsp3) is 0.318. The second-order valence-corrected chi connectivity index (χ2v) is 8.16. The van der Waals surface area contributed by atoms with E-state index in [1.807, 2.05) is 23.6 Å². The third-order valence-corrected chi connectivity index (χ3v) is 5.93. The Balaban J connectivity index is 1.51. The van der Waals surface area contributed by atoms with E-state index in [4.69, 9.17) is 16.3 Å². The minimum absolute atomic E-state index is 0.0320. The van der Waals surface area contributed by atoms with Gasteiger partial charge in [0.25, 0.3) is 0 Å². The summed E-state index contributed by atoms with van der Waals surface area (Å²) in [6, 6.07) is 12.1. The highest BCUT2D eigenvalue weighted by molar-refractivity contribution is 7.99. The largest absolute Gasteiger partial charge is 0.497 e. The van der Waals surface area contributed by atoms with Crippen molar-refractivity contribution in [1.82, 2.24) is 14.8 Å². The Bertz CT molecular complexity index is 1030. The molecule has 0 aliphatic rings. The van der Waals surface area contributed by atoms with Crippen molar-refractivity contribution in [3.63, 3.8) is 0 Å². The summed E-state index contributed by atoms with van der Waals surface area (Å²) >= 11 is 7.07. The van der Waals surface area contributed by atoms with Gasteiger partial charge in [0, 0.05) is 18.7 Å². The van der Waals surface area contributed by atoms with Gasteiger partial charge in [0.05, 0.1) is 17.9 Å². The van der Waals surface area contributed by atoms with Gasteiger partial charge in [-0.05, 0) is 55.7 Å². The average Bonchev–Trinajstić information content (AvgIpc) is 3.17. The highest BCUT2D eigenvalue weighted by atomic mass is 35.5. The van der Waals surface area contributed by atoms with Crippen LogP contribution in [0.2, 0.25) is 5.02 Å². The van der Waals surface area contributed by atoms with Crippen LogP contribution in [0.4, 0.5) is 10.1 Å². The normalized spacial score (nSPS) is 10.8. The van der Waals surface area contributed by atoms with E-state index < -0.39 is 5.82 Å². The first kappa shape index (κ1) is 23.1. The van der Waals surface area contributed by atoms with Crippen LogP contribution in [-0.2, 0) is 24.2 Å². The predicted molar refractivity (Wildman–Crippen MR) is 121 cm³/mol. The lowest BCUT2D eigenvalue weighted by atomic mass is 10.1. The van der Waals surface area contributed by atoms with E-state index in [-0.39, 0.29) is 16.7 Å². The Hall–Kier alpha value is -2.58. The van der Waals surface area contributed by atoms with Crippen molar-refractivity contribution in [3.05, 3.63) is 64.7 Å². The molecule has 0 unspecified atom stereocenters. The van der Waals surface area contributed by atoms with Gasteiger partial charge in [0.15, 0.2) is 5.16 Å². The molecule has 1 aromatic heterocycles. The molecule has 0 spiro atoms. The first-order chi connectivity index (χ1) is 15.0. The molecule has 164 valence electrons. The molecule has 0 fully saturated rings. The van der Waals surface area contributed by atoms with E-state index in [1.54, 1.807) is 7.11 Å². The number of carbonyl (C=O) groups is 1. The van der Waals surface area contributed by atoms with Gasteiger partial charge < -0.3 is 14.6 Å². The van der Waals surface area contributed by atoms with Gasteiger partial charge in [-0.3, -0.25) is 4.79 Å². The van der Waals surface area contributed by atoms with Gasteiger partial charge in [-0.15, -0.1) is 10.2 Å². The predicted octanol–water partition coefficient (Wildman–Crippen LogP) is 5.01. The van der Waals surface area contributed by atoms with Crippen molar-refractivity contribution in [2.75, 3.05) is 18.2 Å². The maximum Gasteiger partial charge on any atom is 0.234 e. The molecule has 0 radical (unpaired) electrons. The minimum atomic E-state index is -0.524. The first-order valence-electron chi connectivity index (χ1n) is 9.93. The summed E-state index contributed by atoms with van der Waals surface area (Å²) in [6.07, 6.45) is 2.68. The van der Waals surface area contributed by atoms with Crippen molar-refractivity contribution in [2.24, 2.45) is 0 Å². The van der Waals surface area contributed by atoms with Gasteiger partial charge in [0.1, 0.15) is 17.4 Å². The number of hydrogen-bond donors (Lipinski definition) is 1. The van der Waals surface area contributed by atoms with E-state index in [9.17, 15) is 9.18 Å².